The van der Waals surface area contributed by atoms with Gasteiger partial charge in [-0.25, -0.2) is 0 Å². The molecule has 0 heterocycles. The predicted octanol–water partition coefficient (Wildman–Crippen LogP) is 3.20. The summed E-state index contributed by atoms with van der Waals surface area (Å²) in [5.74, 6) is 0.170. The van der Waals surface area contributed by atoms with Gasteiger partial charge < -0.3 is 14.7 Å². The molecule has 118 valence electrons. The van der Waals surface area contributed by atoms with E-state index >= 15 is 0 Å². The minimum absolute atomic E-state index is 0.187. The summed E-state index contributed by atoms with van der Waals surface area (Å²) in [5, 5.41) is 8.78. The summed E-state index contributed by atoms with van der Waals surface area (Å²) in [6.45, 7) is 5.55. The van der Waals surface area contributed by atoms with E-state index in [4.69, 9.17) is 9.84 Å². The number of carboxylic acid groups (broad SMARTS) is 1. The molecular formula is C17H27NO3. The van der Waals surface area contributed by atoms with Crippen LogP contribution in [0.2, 0.25) is 0 Å². The summed E-state index contributed by atoms with van der Waals surface area (Å²) < 4.78 is 5.66. The van der Waals surface area contributed by atoms with Crippen molar-refractivity contribution in [2.45, 2.75) is 45.6 Å². The number of carbonyl (C=O) groups is 1. The van der Waals surface area contributed by atoms with Crippen molar-refractivity contribution in [1.82, 2.24) is 4.90 Å². The summed E-state index contributed by atoms with van der Waals surface area (Å²) in [5.41, 5.74) is 1.23. The highest BCUT2D eigenvalue weighted by atomic mass is 16.5. The second-order valence-electron chi connectivity index (χ2n) is 5.39. The molecular weight excluding hydrogens is 266 g/mol. The second kappa shape index (κ2) is 9.40. The molecule has 1 aromatic carbocycles. The van der Waals surface area contributed by atoms with Crippen molar-refractivity contribution in [2.24, 2.45) is 0 Å². The third-order valence-corrected chi connectivity index (χ3v) is 3.62. The molecule has 0 saturated heterocycles. The monoisotopic (exact) mass is 293 g/mol. The molecule has 4 nitrogen and oxygen atoms in total. The summed E-state index contributed by atoms with van der Waals surface area (Å²) in [7, 11) is 1.99. The van der Waals surface area contributed by atoms with Gasteiger partial charge in [-0.05, 0) is 44.0 Å². The fraction of sp³-hybridized carbons (Fsp3) is 0.588. The molecule has 0 radical (unpaired) electrons. The maximum atomic E-state index is 10.7. The molecule has 4 heteroatoms. The number of benzene rings is 1. The minimum atomic E-state index is -0.744. The molecule has 1 rings (SSSR count). The van der Waals surface area contributed by atoms with Crippen LogP contribution in [0.4, 0.5) is 0 Å². The number of hydrogen-bond acceptors (Lipinski definition) is 3. The molecule has 0 bridgehead atoms. The molecule has 1 atom stereocenters. The Morgan fingerprint density at radius 1 is 1.38 bits per heavy atom. The number of carboxylic acids is 1. The van der Waals surface area contributed by atoms with Crippen molar-refractivity contribution in [2.75, 3.05) is 20.2 Å². The molecule has 1 unspecified atom stereocenters. The molecule has 0 aliphatic rings. The molecule has 1 aromatic rings. The standard InChI is InChI=1S/C17H27NO3/c1-4-11-21-16-8-6-7-14(13-16)12-15(5-2)18(3)10-9-17(19)20/h6-8,13,15H,4-5,9-12H2,1-3H3,(H,19,20). The Morgan fingerprint density at radius 3 is 2.76 bits per heavy atom. The predicted molar refractivity (Wildman–Crippen MR) is 84.9 cm³/mol. The first kappa shape index (κ1) is 17.5. The van der Waals surface area contributed by atoms with Crippen molar-refractivity contribution < 1.29 is 14.6 Å². The highest BCUT2D eigenvalue weighted by Gasteiger charge is 2.14. The first-order valence-electron chi connectivity index (χ1n) is 7.70. The second-order valence-corrected chi connectivity index (χ2v) is 5.39. The van der Waals surface area contributed by atoms with Crippen LogP contribution in [0.3, 0.4) is 0 Å². The van der Waals surface area contributed by atoms with Crippen molar-refractivity contribution >= 4 is 5.97 Å². The molecule has 0 aliphatic carbocycles. The molecule has 0 amide bonds. The number of likely N-dealkylation sites (N-methyl/N-ethyl adjacent to an activating group) is 1. The third kappa shape index (κ3) is 6.63. The van der Waals surface area contributed by atoms with E-state index in [-0.39, 0.29) is 6.42 Å². The molecule has 0 aliphatic heterocycles. The number of ether oxygens (including phenoxy) is 1. The lowest BCUT2D eigenvalue weighted by Gasteiger charge is -2.26. The smallest absolute Gasteiger partial charge is 0.304 e. The summed E-state index contributed by atoms with van der Waals surface area (Å²) in [6.07, 6.45) is 3.10. The Balaban J connectivity index is 2.61. The van der Waals surface area contributed by atoms with E-state index in [0.29, 0.717) is 12.6 Å². The molecule has 1 N–H and O–H groups in total. The first-order chi connectivity index (χ1) is 10.1. The number of aliphatic carboxylic acids is 1. The van der Waals surface area contributed by atoms with Crippen LogP contribution < -0.4 is 4.74 Å². The maximum Gasteiger partial charge on any atom is 0.304 e. The largest absolute Gasteiger partial charge is 0.494 e. The van der Waals surface area contributed by atoms with Crippen LogP contribution in [-0.4, -0.2) is 42.2 Å². The normalized spacial score (nSPS) is 12.4. The molecule has 0 aromatic heterocycles. The number of hydrogen-bond donors (Lipinski definition) is 1. The zero-order valence-electron chi connectivity index (χ0n) is 13.3. The molecule has 0 fully saturated rings. The Kier molecular flexibility index (Phi) is 7.83. The first-order valence-corrected chi connectivity index (χ1v) is 7.70. The summed E-state index contributed by atoms with van der Waals surface area (Å²) >= 11 is 0. The van der Waals surface area contributed by atoms with Gasteiger partial charge in [-0.1, -0.05) is 26.0 Å². The fourth-order valence-corrected chi connectivity index (χ4v) is 2.32. The lowest BCUT2D eigenvalue weighted by atomic mass is 10.0. The zero-order valence-corrected chi connectivity index (χ0v) is 13.3. The highest BCUT2D eigenvalue weighted by molar-refractivity contribution is 5.66. The van der Waals surface area contributed by atoms with E-state index in [1.807, 2.05) is 19.2 Å². The van der Waals surface area contributed by atoms with Gasteiger partial charge in [0.05, 0.1) is 13.0 Å². The maximum absolute atomic E-state index is 10.7. The van der Waals surface area contributed by atoms with Gasteiger partial charge >= 0.3 is 5.97 Å². The Hall–Kier alpha value is -1.55. The van der Waals surface area contributed by atoms with E-state index < -0.39 is 5.97 Å². The average molecular weight is 293 g/mol. The van der Waals surface area contributed by atoms with Crippen LogP contribution in [0.1, 0.15) is 38.7 Å². The Bertz CT molecular complexity index is 434. The van der Waals surface area contributed by atoms with Crippen molar-refractivity contribution in [3.63, 3.8) is 0 Å². The quantitative estimate of drug-likeness (QED) is 0.719. The lowest BCUT2D eigenvalue weighted by molar-refractivity contribution is -0.137. The van der Waals surface area contributed by atoms with Gasteiger partial charge in [0.1, 0.15) is 5.75 Å². The third-order valence-electron chi connectivity index (χ3n) is 3.62. The highest BCUT2D eigenvalue weighted by Crippen LogP contribution is 2.17. The molecule has 0 saturated carbocycles. The van der Waals surface area contributed by atoms with Crippen LogP contribution in [-0.2, 0) is 11.2 Å². The average Bonchev–Trinajstić information content (AvgIpc) is 2.48. The zero-order chi connectivity index (χ0) is 15.7. The number of rotatable bonds is 10. The van der Waals surface area contributed by atoms with Crippen LogP contribution in [0, 0.1) is 0 Å². The van der Waals surface area contributed by atoms with Gasteiger partial charge in [-0.2, -0.15) is 0 Å². The van der Waals surface area contributed by atoms with E-state index in [2.05, 4.69) is 30.9 Å². The molecule has 0 spiro atoms. The van der Waals surface area contributed by atoms with E-state index in [0.717, 1.165) is 31.6 Å². The van der Waals surface area contributed by atoms with Gasteiger partial charge in [0, 0.05) is 12.6 Å². The van der Waals surface area contributed by atoms with Gasteiger partial charge in [0.15, 0.2) is 0 Å². The lowest BCUT2D eigenvalue weighted by Crippen LogP contribution is -2.34. The van der Waals surface area contributed by atoms with Gasteiger partial charge in [0.2, 0.25) is 0 Å². The summed E-state index contributed by atoms with van der Waals surface area (Å²) in [4.78, 5) is 12.8. The van der Waals surface area contributed by atoms with Gasteiger partial charge in [0.25, 0.3) is 0 Å². The van der Waals surface area contributed by atoms with Crippen LogP contribution >= 0.6 is 0 Å². The van der Waals surface area contributed by atoms with Crippen LogP contribution in [0.25, 0.3) is 0 Å². The van der Waals surface area contributed by atoms with Crippen LogP contribution in [0.5, 0.6) is 5.75 Å². The van der Waals surface area contributed by atoms with E-state index in [9.17, 15) is 4.79 Å². The van der Waals surface area contributed by atoms with Crippen molar-refractivity contribution in [1.29, 1.82) is 0 Å². The van der Waals surface area contributed by atoms with Gasteiger partial charge in [-0.15, -0.1) is 0 Å². The van der Waals surface area contributed by atoms with Crippen molar-refractivity contribution in [3.8, 4) is 5.75 Å². The Labute approximate surface area is 127 Å². The van der Waals surface area contributed by atoms with Crippen molar-refractivity contribution in [3.05, 3.63) is 29.8 Å². The minimum Gasteiger partial charge on any atom is -0.494 e. The van der Waals surface area contributed by atoms with Gasteiger partial charge in [-0.3, -0.25) is 4.79 Å². The Morgan fingerprint density at radius 2 is 2.14 bits per heavy atom. The fourth-order valence-electron chi connectivity index (χ4n) is 2.32. The topological polar surface area (TPSA) is 49.8 Å². The molecule has 21 heavy (non-hydrogen) atoms. The summed E-state index contributed by atoms with van der Waals surface area (Å²) in [6, 6.07) is 8.54. The van der Waals surface area contributed by atoms with E-state index in [1.54, 1.807) is 0 Å². The number of nitrogens with zero attached hydrogens (tertiary/aromatic N) is 1. The SMILES string of the molecule is CCCOc1cccc(CC(CC)N(C)CCC(=O)O)c1. The van der Waals surface area contributed by atoms with Crippen LogP contribution in [0.15, 0.2) is 24.3 Å². The van der Waals surface area contributed by atoms with E-state index in [1.165, 1.54) is 5.56 Å².